The van der Waals surface area contributed by atoms with E-state index in [1.54, 1.807) is 20.5 Å². The third-order valence-electron chi connectivity index (χ3n) is 4.88. The van der Waals surface area contributed by atoms with Crippen LogP contribution in [0.2, 0.25) is 0 Å². The summed E-state index contributed by atoms with van der Waals surface area (Å²) in [5.41, 5.74) is 2.19. The van der Waals surface area contributed by atoms with Crippen LogP contribution in [0.15, 0.2) is 24.5 Å². The normalized spacial score (nSPS) is 17.7. The van der Waals surface area contributed by atoms with Crippen molar-refractivity contribution in [1.82, 2.24) is 14.9 Å². The molecule has 6 heteroatoms. The summed E-state index contributed by atoms with van der Waals surface area (Å²) in [6.07, 6.45) is 3.08. The number of methoxy groups -OCH3 is 2. The van der Waals surface area contributed by atoms with E-state index in [0.29, 0.717) is 24.3 Å². The maximum Gasteiger partial charge on any atom is 0.122 e. The zero-order valence-corrected chi connectivity index (χ0v) is 14.5. The Morgan fingerprint density at radius 1 is 1.17 bits per heavy atom. The molecule has 0 amide bonds. The quantitative estimate of drug-likeness (QED) is 0.879. The minimum Gasteiger partial charge on any atom is -0.497 e. The second-order valence-electron chi connectivity index (χ2n) is 6.38. The van der Waals surface area contributed by atoms with Crippen molar-refractivity contribution in [3.63, 3.8) is 0 Å². The number of hydrogen-bond acceptors (Lipinski definition) is 5. The zero-order chi connectivity index (χ0) is 17.2. The van der Waals surface area contributed by atoms with Gasteiger partial charge in [0.15, 0.2) is 0 Å². The summed E-state index contributed by atoms with van der Waals surface area (Å²) in [4.78, 5) is 9.80. The van der Waals surface area contributed by atoms with Gasteiger partial charge >= 0.3 is 0 Å². The molecule has 1 aromatic heterocycles. The lowest BCUT2D eigenvalue weighted by Gasteiger charge is -2.38. The van der Waals surface area contributed by atoms with Crippen LogP contribution in [0.5, 0.6) is 11.5 Å². The van der Waals surface area contributed by atoms with E-state index in [9.17, 15) is 5.11 Å². The zero-order valence-electron chi connectivity index (χ0n) is 14.5. The van der Waals surface area contributed by atoms with Gasteiger partial charge in [-0.15, -0.1) is 0 Å². The fourth-order valence-electron chi connectivity index (χ4n) is 3.20. The van der Waals surface area contributed by atoms with Crippen LogP contribution in [-0.4, -0.2) is 47.3 Å². The number of nitrogens with zero attached hydrogens (tertiary/aromatic N) is 2. The first-order chi connectivity index (χ1) is 11.5. The summed E-state index contributed by atoms with van der Waals surface area (Å²) in [6.45, 7) is 4.49. The van der Waals surface area contributed by atoms with Crippen LogP contribution in [0.1, 0.15) is 29.8 Å². The van der Waals surface area contributed by atoms with Gasteiger partial charge in [-0.05, 0) is 37.5 Å². The molecule has 3 rings (SSSR count). The number of aliphatic hydroxyl groups is 1. The Kier molecular flexibility index (Phi) is 4.78. The molecule has 1 fully saturated rings. The number of piperidine rings is 1. The highest BCUT2D eigenvalue weighted by atomic mass is 16.5. The molecule has 0 unspecified atom stereocenters. The Labute approximate surface area is 142 Å². The molecular weight excluding hydrogens is 306 g/mol. The summed E-state index contributed by atoms with van der Waals surface area (Å²) in [5.74, 6) is 1.40. The van der Waals surface area contributed by atoms with Gasteiger partial charge < -0.3 is 19.6 Å². The standard InChI is InChI=1S/C18H25N3O3/c1-13-17(20-12-19-13)11-21-6-4-18(22,5-7-21)14-8-15(23-2)10-16(9-14)24-3/h8-10,12,22H,4-7,11H2,1-3H3,(H,19,20). The molecule has 2 heterocycles. The fourth-order valence-corrected chi connectivity index (χ4v) is 3.20. The number of rotatable bonds is 5. The van der Waals surface area contributed by atoms with Crippen LogP contribution in [0.25, 0.3) is 0 Å². The number of imidazole rings is 1. The smallest absolute Gasteiger partial charge is 0.122 e. The third kappa shape index (κ3) is 3.39. The van der Waals surface area contributed by atoms with Gasteiger partial charge in [-0.2, -0.15) is 0 Å². The van der Waals surface area contributed by atoms with Crippen molar-refractivity contribution < 1.29 is 14.6 Å². The van der Waals surface area contributed by atoms with Gasteiger partial charge in [0.25, 0.3) is 0 Å². The average Bonchev–Trinajstić information content (AvgIpc) is 3.01. The first-order valence-electron chi connectivity index (χ1n) is 8.21. The van der Waals surface area contributed by atoms with E-state index >= 15 is 0 Å². The number of hydrogen-bond donors (Lipinski definition) is 2. The monoisotopic (exact) mass is 331 g/mol. The fraction of sp³-hybridized carbons (Fsp3) is 0.500. The Morgan fingerprint density at radius 2 is 1.79 bits per heavy atom. The number of aromatic nitrogens is 2. The van der Waals surface area contributed by atoms with E-state index in [4.69, 9.17) is 9.47 Å². The van der Waals surface area contributed by atoms with Crippen molar-refractivity contribution in [2.75, 3.05) is 27.3 Å². The van der Waals surface area contributed by atoms with Crippen molar-refractivity contribution in [3.05, 3.63) is 41.5 Å². The summed E-state index contributed by atoms with van der Waals surface area (Å²) >= 11 is 0. The second-order valence-corrected chi connectivity index (χ2v) is 6.38. The average molecular weight is 331 g/mol. The van der Waals surface area contributed by atoms with Gasteiger partial charge in [0.2, 0.25) is 0 Å². The van der Waals surface area contributed by atoms with Gasteiger partial charge in [-0.3, -0.25) is 4.90 Å². The minimum absolute atomic E-state index is 0.673. The third-order valence-corrected chi connectivity index (χ3v) is 4.88. The van der Waals surface area contributed by atoms with E-state index in [-0.39, 0.29) is 0 Å². The van der Waals surface area contributed by atoms with Crippen molar-refractivity contribution in [3.8, 4) is 11.5 Å². The lowest BCUT2D eigenvalue weighted by atomic mass is 9.84. The molecule has 24 heavy (non-hydrogen) atoms. The minimum atomic E-state index is -0.848. The lowest BCUT2D eigenvalue weighted by molar-refractivity contribution is -0.0282. The predicted octanol–water partition coefficient (Wildman–Crippen LogP) is 2.22. The van der Waals surface area contributed by atoms with E-state index in [2.05, 4.69) is 14.9 Å². The van der Waals surface area contributed by atoms with E-state index in [0.717, 1.165) is 36.6 Å². The summed E-state index contributed by atoms with van der Waals surface area (Å²) in [6, 6.07) is 5.62. The molecule has 2 N–H and O–H groups in total. The van der Waals surface area contributed by atoms with Gasteiger partial charge in [-0.1, -0.05) is 0 Å². The van der Waals surface area contributed by atoms with Crippen molar-refractivity contribution in [2.45, 2.75) is 31.9 Å². The largest absolute Gasteiger partial charge is 0.497 e. The molecule has 1 aliphatic rings. The van der Waals surface area contributed by atoms with Crippen LogP contribution in [-0.2, 0) is 12.1 Å². The van der Waals surface area contributed by atoms with Crippen LogP contribution >= 0.6 is 0 Å². The topological polar surface area (TPSA) is 70.6 Å². The molecule has 0 bridgehead atoms. The number of aryl methyl sites for hydroxylation is 1. The molecular formula is C18H25N3O3. The number of ether oxygens (including phenoxy) is 2. The maximum atomic E-state index is 11.1. The van der Waals surface area contributed by atoms with E-state index in [1.807, 2.05) is 25.1 Å². The lowest BCUT2D eigenvalue weighted by Crippen LogP contribution is -2.42. The molecule has 0 radical (unpaired) electrons. The van der Waals surface area contributed by atoms with Crippen LogP contribution in [0, 0.1) is 6.92 Å². The number of nitrogens with one attached hydrogen (secondary N) is 1. The van der Waals surface area contributed by atoms with Crippen molar-refractivity contribution in [1.29, 1.82) is 0 Å². The molecule has 2 aromatic rings. The van der Waals surface area contributed by atoms with Crippen LogP contribution < -0.4 is 9.47 Å². The van der Waals surface area contributed by atoms with E-state index in [1.165, 1.54) is 0 Å². The Hall–Kier alpha value is -2.05. The molecule has 1 aromatic carbocycles. The Bertz CT molecular complexity index is 668. The highest BCUT2D eigenvalue weighted by Gasteiger charge is 2.35. The molecule has 130 valence electrons. The van der Waals surface area contributed by atoms with Crippen molar-refractivity contribution in [2.24, 2.45) is 0 Å². The highest BCUT2D eigenvalue weighted by molar-refractivity contribution is 5.41. The summed E-state index contributed by atoms with van der Waals surface area (Å²) in [5, 5.41) is 11.1. The van der Waals surface area contributed by atoms with Crippen LogP contribution in [0.4, 0.5) is 0 Å². The first-order valence-corrected chi connectivity index (χ1v) is 8.21. The SMILES string of the molecule is COc1cc(OC)cc(C2(O)CCN(Cc3nc[nH]c3C)CC2)c1. The molecule has 1 saturated heterocycles. The number of H-pyrrole nitrogens is 1. The second kappa shape index (κ2) is 6.83. The molecule has 0 atom stereocenters. The number of aromatic amines is 1. The predicted molar refractivity (Wildman–Crippen MR) is 91.3 cm³/mol. The molecule has 0 saturated carbocycles. The molecule has 1 aliphatic heterocycles. The summed E-state index contributed by atoms with van der Waals surface area (Å²) in [7, 11) is 3.24. The van der Waals surface area contributed by atoms with Gasteiger partial charge in [0.1, 0.15) is 11.5 Å². The summed E-state index contributed by atoms with van der Waals surface area (Å²) < 4.78 is 10.6. The molecule has 0 aliphatic carbocycles. The van der Waals surface area contributed by atoms with Crippen LogP contribution in [0.3, 0.4) is 0 Å². The van der Waals surface area contributed by atoms with E-state index < -0.39 is 5.60 Å². The maximum absolute atomic E-state index is 11.1. The first kappa shape index (κ1) is 16.8. The highest BCUT2D eigenvalue weighted by Crippen LogP contribution is 2.37. The number of likely N-dealkylation sites (tertiary alicyclic amines) is 1. The Morgan fingerprint density at radius 3 is 2.29 bits per heavy atom. The van der Waals surface area contributed by atoms with Gasteiger partial charge in [0.05, 0.1) is 31.8 Å². The Balaban J connectivity index is 1.71. The van der Waals surface area contributed by atoms with Gasteiger partial charge in [0, 0.05) is 31.4 Å². The van der Waals surface area contributed by atoms with Crippen molar-refractivity contribution >= 4 is 0 Å². The molecule has 6 nitrogen and oxygen atoms in total. The van der Waals surface area contributed by atoms with Gasteiger partial charge in [-0.25, -0.2) is 4.98 Å². The molecule has 0 spiro atoms. The number of benzene rings is 1.